The maximum absolute atomic E-state index is 11.7. The van der Waals surface area contributed by atoms with E-state index in [0.717, 1.165) is 5.56 Å². The van der Waals surface area contributed by atoms with Gasteiger partial charge in [-0.3, -0.25) is 4.18 Å². The summed E-state index contributed by atoms with van der Waals surface area (Å²) < 4.78 is 28.2. The smallest absolute Gasteiger partial charge is 0.296 e. The van der Waals surface area contributed by atoms with Crippen molar-refractivity contribution >= 4 is 22.5 Å². The van der Waals surface area contributed by atoms with E-state index in [1.807, 2.05) is 12.4 Å². The Kier molecular flexibility index (Phi) is 8.13. The summed E-state index contributed by atoms with van der Waals surface area (Å²) in [5.41, 5.74) is 3.00. The first-order valence-electron chi connectivity index (χ1n) is 5.39. The summed E-state index contributed by atoms with van der Waals surface area (Å²) >= 11 is 0. The highest BCUT2D eigenvalue weighted by Crippen LogP contribution is 2.13. The molecule has 18 heavy (non-hydrogen) atoms. The minimum absolute atomic E-state index is 0. The van der Waals surface area contributed by atoms with Gasteiger partial charge in [0.25, 0.3) is 10.1 Å². The fraction of sp³-hybridized carbons (Fsp3) is 0.455. The Morgan fingerprint density at radius 3 is 2.39 bits per heavy atom. The minimum atomic E-state index is -3.65. The molecule has 0 saturated heterocycles. The van der Waals surface area contributed by atoms with Crippen molar-refractivity contribution < 1.29 is 17.8 Å². The lowest BCUT2D eigenvalue weighted by atomic mass is 10.2. The molecule has 5 nitrogen and oxygen atoms in total. The second-order valence-electron chi connectivity index (χ2n) is 3.70. The normalized spacial score (nSPS) is 11.0. The Hall–Kier alpha value is -0.660. The van der Waals surface area contributed by atoms with Gasteiger partial charge in [-0.05, 0) is 31.9 Å². The third kappa shape index (κ3) is 5.79. The maximum Gasteiger partial charge on any atom is 0.296 e. The molecule has 0 aliphatic heterocycles. The lowest BCUT2D eigenvalue weighted by molar-refractivity contribution is 0.162. The van der Waals surface area contributed by atoms with Gasteiger partial charge in [-0.2, -0.15) is 8.42 Å². The van der Waals surface area contributed by atoms with Crippen LogP contribution in [0.15, 0.2) is 29.2 Å². The van der Waals surface area contributed by atoms with Crippen molar-refractivity contribution in [2.45, 2.75) is 24.7 Å². The zero-order chi connectivity index (χ0) is 12.7. The van der Waals surface area contributed by atoms with Gasteiger partial charge in [0.05, 0.1) is 11.5 Å². The molecule has 0 heterocycles. The highest BCUT2D eigenvalue weighted by atomic mass is 35.5. The monoisotopic (exact) mass is 295 g/mol. The summed E-state index contributed by atoms with van der Waals surface area (Å²) in [4.78, 5) is 0.170. The molecular formula is C11H18ClNO4S. The lowest BCUT2D eigenvalue weighted by Crippen LogP contribution is -2.11. The molecule has 1 rings (SSSR count). The van der Waals surface area contributed by atoms with Crippen LogP contribution in [0.5, 0.6) is 0 Å². The number of benzene rings is 1. The van der Waals surface area contributed by atoms with Gasteiger partial charge in [0.15, 0.2) is 0 Å². The summed E-state index contributed by atoms with van der Waals surface area (Å²) in [6, 6.07) is 6.51. The van der Waals surface area contributed by atoms with Crippen LogP contribution >= 0.6 is 12.4 Å². The molecule has 7 heteroatoms. The summed E-state index contributed by atoms with van der Waals surface area (Å²) in [6.45, 7) is 2.44. The number of aryl methyl sites for hydroxylation is 1. The van der Waals surface area contributed by atoms with Gasteiger partial charge in [-0.15, -0.1) is 12.4 Å². The predicted molar refractivity (Wildman–Crippen MR) is 70.6 cm³/mol. The molecule has 0 aliphatic rings. The zero-order valence-electron chi connectivity index (χ0n) is 10.1. The zero-order valence-corrected chi connectivity index (χ0v) is 11.8. The van der Waals surface area contributed by atoms with Crippen LogP contribution in [0.2, 0.25) is 0 Å². The number of unbranched alkanes of at least 4 members (excludes halogenated alkanes) is 1. The Labute approximate surface area is 114 Å². The van der Waals surface area contributed by atoms with Gasteiger partial charge in [0.2, 0.25) is 0 Å². The number of halogens is 1. The molecule has 0 fully saturated rings. The molecule has 0 bridgehead atoms. The van der Waals surface area contributed by atoms with Crippen molar-refractivity contribution in [2.24, 2.45) is 0 Å². The summed E-state index contributed by atoms with van der Waals surface area (Å²) in [5.74, 6) is 0. The minimum Gasteiger partial charge on any atom is -0.317 e. The fourth-order valence-electron chi connectivity index (χ4n) is 1.25. The van der Waals surface area contributed by atoms with Crippen molar-refractivity contribution in [3.63, 3.8) is 0 Å². The number of hydrogen-bond donors (Lipinski definition) is 2. The molecule has 0 aromatic heterocycles. The molecule has 0 radical (unpaired) electrons. The van der Waals surface area contributed by atoms with E-state index in [-0.39, 0.29) is 23.9 Å². The van der Waals surface area contributed by atoms with Crippen molar-refractivity contribution in [3.8, 4) is 0 Å². The molecule has 1 aromatic carbocycles. The van der Waals surface area contributed by atoms with Crippen LogP contribution < -0.4 is 5.48 Å². The standard InChI is InChI=1S/C11H17NO4S.ClH/c1-10-4-6-11(7-5-10)17(14,15)16-9-3-2-8-12-13;/h4-7,12-13H,2-3,8-9H2,1H3;1H. The van der Waals surface area contributed by atoms with Gasteiger partial charge in [-0.25, -0.2) is 5.48 Å². The van der Waals surface area contributed by atoms with Gasteiger partial charge < -0.3 is 5.21 Å². The van der Waals surface area contributed by atoms with E-state index in [0.29, 0.717) is 19.4 Å². The van der Waals surface area contributed by atoms with Crippen LogP contribution in [0.3, 0.4) is 0 Å². The van der Waals surface area contributed by atoms with Crippen LogP contribution in [0.25, 0.3) is 0 Å². The van der Waals surface area contributed by atoms with Crippen LogP contribution in [0, 0.1) is 6.92 Å². The van der Waals surface area contributed by atoms with Crippen molar-refractivity contribution in [1.29, 1.82) is 0 Å². The van der Waals surface area contributed by atoms with E-state index in [9.17, 15) is 8.42 Å². The lowest BCUT2D eigenvalue weighted by Gasteiger charge is -2.05. The quantitative estimate of drug-likeness (QED) is 0.456. The largest absolute Gasteiger partial charge is 0.317 e. The van der Waals surface area contributed by atoms with Gasteiger partial charge in [0.1, 0.15) is 0 Å². The molecule has 0 unspecified atom stereocenters. The summed E-state index contributed by atoms with van der Waals surface area (Å²) in [5, 5.41) is 8.32. The first-order chi connectivity index (χ1) is 8.06. The summed E-state index contributed by atoms with van der Waals surface area (Å²) in [7, 11) is -3.65. The SMILES string of the molecule is Cc1ccc(S(=O)(=O)OCCCCNO)cc1.Cl. The molecule has 0 aliphatic carbocycles. The second kappa shape index (κ2) is 8.44. The van der Waals surface area contributed by atoms with E-state index in [1.54, 1.807) is 12.1 Å². The van der Waals surface area contributed by atoms with Crippen LogP contribution in [-0.2, 0) is 14.3 Å². The van der Waals surface area contributed by atoms with Crippen LogP contribution in [0.1, 0.15) is 18.4 Å². The van der Waals surface area contributed by atoms with Crippen LogP contribution in [-0.4, -0.2) is 26.8 Å². The number of hydroxylamine groups is 1. The average Bonchev–Trinajstić information content (AvgIpc) is 2.29. The molecule has 0 saturated carbocycles. The maximum atomic E-state index is 11.7. The van der Waals surface area contributed by atoms with E-state index in [1.165, 1.54) is 12.1 Å². The van der Waals surface area contributed by atoms with Crippen molar-refractivity contribution in [1.82, 2.24) is 5.48 Å². The number of nitrogens with one attached hydrogen (secondary N) is 1. The highest BCUT2D eigenvalue weighted by Gasteiger charge is 2.13. The number of hydrogen-bond acceptors (Lipinski definition) is 5. The van der Waals surface area contributed by atoms with E-state index >= 15 is 0 Å². The van der Waals surface area contributed by atoms with Crippen molar-refractivity contribution in [2.75, 3.05) is 13.2 Å². The molecule has 0 spiro atoms. The average molecular weight is 296 g/mol. The van der Waals surface area contributed by atoms with Crippen LogP contribution in [0.4, 0.5) is 0 Å². The molecule has 1 aromatic rings. The van der Waals surface area contributed by atoms with Gasteiger partial charge in [-0.1, -0.05) is 17.7 Å². The third-order valence-electron chi connectivity index (χ3n) is 2.23. The molecular weight excluding hydrogens is 278 g/mol. The predicted octanol–water partition coefficient (Wildman–Crippen LogP) is 1.88. The first kappa shape index (κ1) is 17.3. The van der Waals surface area contributed by atoms with E-state index in [2.05, 4.69) is 0 Å². The number of rotatable bonds is 7. The molecule has 104 valence electrons. The Balaban J connectivity index is 0.00000289. The Morgan fingerprint density at radius 2 is 1.83 bits per heavy atom. The first-order valence-corrected chi connectivity index (χ1v) is 6.80. The Bertz CT molecular complexity index is 433. The van der Waals surface area contributed by atoms with Gasteiger partial charge in [0, 0.05) is 6.54 Å². The van der Waals surface area contributed by atoms with Gasteiger partial charge >= 0.3 is 0 Å². The second-order valence-corrected chi connectivity index (χ2v) is 5.32. The molecule has 0 amide bonds. The summed E-state index contributed by atoms with van der Waals surface area (Å²) in [6.07, 6.45) is 1.22. The highest BCUT2D eigenvalue weighted by molar-refractivity contribution is 7.86. The molecule has 2 N–H and O–H groups in total. The molecule has 0 atom stereocenters. The topological polar surface area (TPSA) is 75.6 Å². The van der Waals surface area contributed by atoms with Crippen molar-refractivity contribution in [3.05, 3.63) is 29.8 Å². The van der Waals surface area contributed by atoms with E-state index in [4.69, 9.17) is 9.39 Å². The third-order valence-corrected chi connectivity index (χ3v) is 3.56. The fourth-order valence-corrected chi connectivity index (χ4v) is 2.19. The Morgan fingerprint density at radius 1 is 1.22 bits per heavy atom. The van der Waals surface area contributed by atoms with E-state index < -0.39 is 10.1 Å².